The van der Waals surface area contributed by atoms with E-state index >= 15 is 0 Å². The van der Waals surface area contributed by atoms with E-state index in [0.717, 1.165) is 12.1 Å². The quantitative estimate of drug-likeness (QED) is 0.636. The maximum atomic E-state index is 12.6. The molecule has 1 atom stereocenters. The first kappa shape index (κ1) is 15.9. The fraction of sp³-hybridized carbons (Fsp3) is 0.364. The largest absolute Gasteiger partial charge is 0.312 e. The summed E-state index contributed by atoms with van der Waals surface area (Å²) in [7, 11) is -9.09. The number of hydrogen-bond acceptors (Lipinski definition) is 5. The first-order valence-corrected chi connectivity index (χ1v) is 8.86. The summed E-state index contributed by atoms with van der Waals surface area (Å²) in [4.78, 5) is 12.6. The maximum absolute atomic E-state index is 12.6. The molecule has 1 N–H and O–H groups in total. The summed E-state index contributed by atoms with van der Waals surface area (Å²) in [6.07, 6.45) is -0.140. The highest BCUT2D eigenvalue weighted by molar-refractivity contribution is 7.86. The molecule has 1 amide bonds. The second-order valence-electron chi connectivity index (χ2n) is 4.75. The van der Waals surface area contributed by atoms with Crippen LogP contribution >= 0.6 is 0 Å². The summed E-state index contributed by atoms with van der Waals surface area (Å²) in [6, 6.07) is 5.03. The van der Waals surface area contributed by atoms with Gasteiger partial charge in [-0.1, -0.05) is 6.07 Å². The van der Waals surface area contributed by atoms with Crippen LogP contribution in [0.4, 0.5) is 9.57 Å². The van der Waals surface area contributed by atoms with Crippen molar-refractivity contribution in [3.8, 4) is 0 Å². The van der Waals surface area contributed by atoms with E-state index in [-0.39, 0.29) is 23.5 Å². The van der Waals surface area contributed by atoms with Crippen molar-refractivity contribution in [2.75, 3.05) is 17.2 Å². The number of hydrogen-bond donors (Lipinski definition) is 1. The van der Waals surface area contributed by atoms with Gasteiger partial charge in [0.15, 0.2) is 0 Å². The van der Waals surface area contributed by atoms with Crippen molar-refractivity contribution in [2.45, 2.75) is 11.3 Å². The lowest BCUT2D eigenvalue weighted by Gasteiger charge is -2.17. The Hall–Kier alpha value is -1.52. The van der Waals surface area contributed by atoms with E-state index in [0.29, 0.717) is 0 Å². The van der Waals surface area contributed by atoms with Gasteiger partial charge in [-0.25, -0.2) is 0 Å². The highest BCUT2D eigenvalue weighted by Gasteiger charge is 2.33. The van der Waals surface area contributed by atoms with Gasteiger partial charge in [-0.3, -0.25) is 9.35 Å². The minimum absolute atomic E-state index is 0.0308. The van der Waals surface area contributed by atoms with Crippen molar-refractivity contribution < 1.29 is 30.1 Å². The van der Waals surface area contributed by atoms with Crippen LogP contribution in [0.1, 0.15) is 6.42 Å². The van der Waals surface area contributed by atoms with Crippen LogP contribution in [0.2, 0.25) is 0 Å². The van der Waals surface area contributed by atoms with E-state index in [2.05, 4.69) is 0 Å². The van der Waals surface area contributed by atoms with Crippen LogP contribution in [0.15, 0.2) is 29.2 Å². The first-order chi connectivity index (χ1) is 9.56. The van der Waals surface area contributed by atoms with E-state index in [1.54, 1.807) is 0 Å². The molecule has 0 bridgehead atoms. The van der Waals surface area contributed by atoms with Crippen LogP contribution in [0.3, 0.4) is 0 Å². The predicted octanol–water partition coefficient (Wildman–Crippen LogP) is 0.586. The van der Waals surface area contributed by atoms with Crippen molar-refractivity contribution in [1.82, 2.24) is 0 Å². The zero-order valence-electron chi connectivity index (χ0n) is 10.6. The minimum atomic E-state index is -4.68. The van der Waals surface area contributed by atoms with Gasteiger partial charge in [0.05, 0.1) is 10.6 Å². The Morgan fingerprint density at radius 3 is 2.52 bits per heavy atom. The van der Waals surface area contributed by atoms with Crippen molar-refractivity contribution in [3.05, 3.63) is 24.3 Å². The number of benzene rings is 1. The van der Waals surface area contributed by atoms with Gasteiger partial charge in [-0.15, -0.1) is 3.89 Å². The van der Waals surface area contributed by atoms with Crippen LogP contribution in [0.5, 0.6) is 0 Å². The third-order valence-electron chi connectivity index (χ3n) is 3.07. The lowest BCUT2D eigenvalue weighted by Crippen LogP contribution is -2.25. The number of rotatable bonds is 4. The highest BCUT2D eigenvalue weighted by atomic mass is 32.3. The van der Waals surface area contributed by atoms with Crippen LogP contribution in [0.25, 0.3) is 0 Å². The van der Waals surface area contributed by atoms with Gasteiger partial charge < -0.3 is 4.90 Å². The van der Waals surface area contributed by atoms with Gasteiger partial charge in [0.1, 0.15) is 0 Å². The summed E-state index contributed by atoms with van der Waals surface area (Å²) in [5.74, 6) is -1.88. The van der Waals surface area contributed by atoms with E-state index in [1.807, 2.05) is 0 Å². The van der Waals surface area contributed by atoms with Crippen molar-refractivity contribution in [2.24, 2.45) is 5.92 Å². The Balaban J connectivity index is 2.25. The van der Waals surface area contributed by atoms with E-state index < -0.39 is 37.9 Å². The summed E-state index contributed by atoms with van der Waals surface area (Å²) >= 11 is 0. The molecule has 0 saturated carbocycles. The van der Waals surface area contributed by atoms with Crippen molar-refractivity contribution in [3.63, 3.8) is 0 Å². The molecular formula is C11H12FNO6S2. The first-order valence-electron chi connectivity index (χ1n) is 5.86. The van der Waals surface area contributed by atoms with Gasteiger partial charge in [0.25, 0.3) is 10.1 Å². The fourth-order valence-corrected chi connectivity index (χ4v) is 3.54. The predicted molar refractivity (Wildman–Crippen MR) is 71.6 cm³/mol. The Morgan fingerprint density at radius 2 is 1.95 bits per heavy atom. The van der Waals surface area contributed by atoms with E-state index in [1.165, 1.54) is 17.0 Å². The number of carbonyl (C=O) groups is 1. The van der Waals surface area contributed by atoms with Crippen LogP contribution in [0, 0.1) is 5.92 Å². The average Bonchev–Trinajstić information content (AvgIpc) is 2.67. The normalized spacial score (nSPS) is 20.0. The minimum Gasteiger partial charge on any atom is -0.312 e. The van der Waals surface area contributed by atoms with Crippen LogP contribution in [-0.2, 0) is 25.1 Å². The SMILES string of the molecule is O=C1CC(CS(=O)(=O)F)CN1c1cccc(S(=O)(=O)O)c1. The average molecular weight is 337 g/mol. The summed E-state index contributed by atoms with van der Waals surface area (Å²) in [6.45, 7) is -0.0308. The number of nitrogens with zero attached hydrogens (tertiary/aromatic N) is 1. The molecule has 0 aromatic heterocycles. The molecule has 10 heteroatoms. The van der Waals surface area contributed by atoms with Crippen molar-refractivity contribution in [1.29, 1.82) is 0 Å². The lowest BCUT2D eigenvalue weighted by molar-refractivity contribution is -0.117. The molecular weight excluding hydrogens is 325 g/mol. The molecule has 1 aromatic rings. The maximum Gasteiger partial charge on any atom is 0.302 e. The number of carbonyl (C=O) groups excluding carboxylic acids is 1. The number of halogens is 1. The molecule has 0 spiro atoms. The molecule has 1 aliphatic heterocycles. The second-order valence-corrected chi connectivity index (χ2v) is 7.58. The monoisotopic (exact) mass is 337 g/mol. The number of amides is 1. The third kappa shape index (κ3) is 3.99. The van der Waals surface area contributed by atoms with Crippen LogP contribution in [-0.4, -0.2) is 39.6 Å². The van der Waals surface area contributed by atoms with Gasteiger partial charge in [-0.05, 0) is 18.2 Å². The zero-order valence-corrected chi connectivity index (χ0v) is 12.3. The summed E-state index contributed by atoms with van der Waals surface area (Å²) in [5, 5.41) is 0. The molecule has 1 aliphatic rings. The molecule has 2 rings (SSSR count). The number of anilines is 1. The summed E-state index contributed by atoms with van der Waals surface area (Å²) in [5.41, 5.74) is 0.203. The highest BCUT2D eigenvalue weighted by Crippen LogP contribution is 2.27. The Kier molecular flexibility index (Phi) is 4.04. The third-order valence-corrected chi connectivity index (χ3v) is 4.79. The van der Waals surface area contributed by atoms with Gasteiger partial charge in [0.2, 0.25) is 5.91 Å². The molecule has 1 saturated heterocycles. The Bertz CT molecular complexity index is 774. The topological polar surface area (TPSA) is 109 Å². The molecule has 1 fully saturated rings. The fourth-order valence-electron chi connectivity index (χ4n) is 2.24. The van der Waals surface area contributed by atoms with Crippen LogP contribution < -0.4 is 4.90 Å². The standard InChI is InChI=1S/C11H12FNO6S2/c12-20(15,16)7-8-4-11(14)13(6-8)9-2-1-3-10(5-9)21(17,18)19/h1-3,5,8H,4,6-7H2,(H,17,18,19). The van der Waals surface area contributed by atoms with Gasteiger partial charge in [0, 0.05) is 24.6 Å². The zero-order chi connectivity index (χ0) is 15.8. The molecule has 1 heterocycles. The molecule has 116 valence electrons. The van der Waals surface area contributed by atoms with Crippen molar-refractivity contribution >= 4 is 31.9 Å². The smallest absolute Gasteiger partial charge is 0.302 e. The second kappa shape index (κ2) is 5.35. The molecule has 7 nitrogen and oxygen atoms in total. The lowest BCUT2D eigenvalue weighted by atomic mass is 10.1. The Morgan fingerprint density at radius 1 is 1.29 bits per heavy atom. The van der Waals surface area contributed by atoms with Gasteiger partial charge in [-0.2, -0.15) is 16.8 Å². The van der Waals surface area contributed by atoms with Gasteiger partial charge >= 0.3 is 10.2 Å². The van der Waals surface area contributed by atoms with E-state index in [9.17, 15) is 25.5 Å². The molecule has 21 heavy (non-hydrogen) atoms. The molecule has 1 unspecified atom stereocenters. The summed E-state index contributed by atoms with van der Waals surface area (Å²) < 4.78 is 65.0. The Labute approximate surface area is 121 Å². The molecule has 1 aromatic carbocycles. The molecule has 0 aliphatic carbocycles. The molecule has 0 radical (unpaired) electrons. The van der Waals surface area contributed by atoms with E-state index in [4.69, 9.17) is 4.55 Å².